The van der Waals surface area contributed by atoms with Crippen molar-refractivity contribution in [3.63, 3.8) is 0 Å². The molecule has 0 spiro atoms. The molecule has 0 aliphatic carbocycles. The van der Waals surface area contributed by atoms with Crippen LogP contribution in [0.25, 0.3) is 0 Å². The molecule has 3 N–H and O–H groups in total. The Morgan fingerprint density at radius 1 is 1.18 bits per heavy atom. The first-order valence-corrected chi connectivity index (χ1v) is 6.98. The molecule has 0 fully saturated rings. The van der Waals surface area contributed by atoms with Crippen LogP contribution in [0, 0.1) is 5.41 Å². The second-order valence-corrected chi connectivity index (χ2v) is 5.61. The molecule has 102 valence electrons. The maximum absolute atomic E-state index is 11.6. The summed E-state index contributed by atoms with van der Waals surface area (Å²) in [6.45, 7) is 8.07. The maximum Gasteiger partial charge on any atom is 0.220 e. The fraction of sp³-hybridized carbons (Fsp3) is 0.929. The van der Waals surface area contributed by atoms with Gasteiger partial charge in [-0.25, -0.2) is 0 Å². The lowest BCUT2D eigenvalue weighted by Gasteiger charge is -2.23. The van der Waals surface area contributed by atoms with Crippen LogP contribution in [0.1, 0.15) is 65.7 Å². The molecule has 17 heavy (non-hydrogen) atoms. The van der Waals surface area contributed by atoms with Crippen LogP contribution >= 0.6 is 0 Å². The van der Waals surface area contributed by atoms with Gasteiger partial charge in [0.2, 0.25) is 5.91 Å². The Bertz CT molecular complexity index is 202. The molecule has 0 rings (SSSR count). The Kier molecular flexibility index (Phi) is 9.14. The highest BCUT2D eigenvalue weighted by molar-refractivity contribution is 5.75. The smallest absolute Gasteiger partial charge is 0.220 e. The van der Waals surface area contributed by atoms with Gasteiger partial charge < -0.3 is 11.1 Å². The van der Waals surface area contributed by atoms with E-state index in [2.05, 4.69) is 26.1 Å². The number of amides is 1. The second-order valence-electron chi connectivity index (χ2n) is 5.61. The molecule has 0 saturated heterocycles. The number of rotatable bonds is 10. The predicted molar refractivity (Wildman–Crippen MR) is 73.8 cm³/mol. The minimum atomic E-state index is 0.187. The van der Waals surface area contributed by atoms with E-state index in [-0.39, 0.29) is 11.3 Å². The zero-order valence-electron chi connectivity index (χ0n) is 11.8. The van der Waals surface area contributed by atoms with Crippen molar-refractivity contribution in [1.82, 2.24) is 5.32 Å². The van der Waals surface area contributed by atoms with Crippen LogP contribution in [-0.4, -0.2) is 19.0 Å². The molecule has 0 unspecified atom stereocenters. The summed E-state index contributed by atoms with van der Waals surface area (Å²) in [5.41, 5.74) is 5.74. The average molecular weight is 242 g/mol. The van der Waals surface area contributed by atoms with E-state index in [4.69, 9.17) is 5.73 Å². The molecule has 0 aliphatic rings. The van der Waals surface area contributed by atoms with E-state index in [9.17, 15) is 4.79 Å². The van der Waals surface area contributed by atoms with Crippen LogP contribution in [0.4, 0.5) is 0 Å². The highest BCUT2D eigenvalue weighted by Crippen LogP contribution is 2.25. The van der Waals surface area contributed by atoms with Crippen molar-refractivity contribution in [2.45, 2.75) is 65.7 Å². The molecule has 0 radical (unpaired) electrons. The van der Waals surface area contributed by atoms with Gasteiger partial charge in [-0.15, -0.1) is 0 Å². The summed E-state index contributed by atoms with van der Waals surface area (Å²) < 4.78 is 0. The lowest BCUT2D eigenvalue weighted by atomic mass is 9.84. The fourth-order valence-corrected chi connectivity index (χ4v) is 1.84. The normalized spacial score (nSPS) is 11.5. The third-order valence-corrected chi connectivity index (χ3v) is 3.20. The Balaban J connectivity index is 3.52. The van der Waals surface area contributed by atoms with Gasteiger partial charge in [0.1, 0.15) is 0 Å². The van der Waals surface area contributed by atoms with E-state index in [1.54, 1.807) is 0 Å². The summed E-state index contributed by atoms with van der Waals surface area (Å²) >= 11 is 0. The van der Waals surface area contributed by atoms with Crippen LogP contribution in [0.15, 0.2) is 0 Å². The quantitative estimate of drug-likeness (QED) is 0.579. The standard InChI is InChI=1S/C14H30N2O/c1-4-5-6-7-12-16-13(17)8-9-14(2,3)10-11-15/h4-12,15H2,1-3H3,(H,16,17). The molecule has 0 saturated carbocycles. The monoisotopic (exact) mass is 242 g/mol. The van der Waals surface area contributed by atoms with E-state index in [1.165, 1.54) is 19.3 Å². The molecule has 0 aromatic rings. The van der Waals surface area contributed by atoms with Gasteiger partial charge in [-0.05, 0) is 31.2 Å². The van der Waals surface area contributed by atoms with Crippen LogP contribution in [-0.2, 0) is 4.79 Å². The Hall–Kier alpha value is -0.570. The van der Waals surface area contributed by atoms with Crippen molar-refractivity contribution in [2.24, 2.45) is 11.1 Å². The lowest BCUT2D eigenvalue weighted by Crippen LogP contribution is -2.26. The predicted octanol–water partition coefficient (Wildman–Crippen LogP) is 2.84. The topological polar surface area (TPSA) is 55.1 Å². The van der Waals surface area contributed by atoms with Crippen LogP contribution in [0.5, 0.6) is 0 Å². The summed E-state index contributed by atoms with van der Waals surface area (Å²) in [5.74, 6) is 0.187. The summed E-state index contributed by atoms with van der Waals surface area (Å²) in [7, 11) is 0. The summed E-state index contributed by atoms with van der Waals surface area (Å²) in [4.78, 5) is 11.6. The second kappa shape index (κ2) is 9.46. The zero-order chi connectivity index (χ0) is 13.1. The molecular formula is C14H30N2O. The first-order valence-electron chi connectivity index (χ1n) is 6.98. The van der Waals surface area contributed by atoms with Crippen molar-refractivity contribution < 1.29 is 4.79 Å². The summed E-state index contributed by atoms with van der Waals surface area (Å²) in [6, 6.07) is 0. The summed E-state index contributed by atoms with van der Waals surface area (Å²) in [5, 5.41) is 2.99. The Morgan fingerprint density at radius 2 is 1.88 bits per heavy atom. The van der Waals surface area contributed by atoms with Crippen molar-refractivity contribution in [2.75, 3.05) is 13.1 Å². The largest absolute Gasteiger partial charge is 0.356 e. The molecular weight excluding hydrogens is 212 g/mol. The van der Waals surface area contributed by atoms with Gasteiger partial charge in [-0.2, -0.15) is 0 Å². The molecule has 0 aromatic heterocycles. The molecule has 1 amide bonds. The Labute approximate surface area is 107 Å². The van der Waals surface area contributed by atoms with Gasteiger partial charge in [0.25, 0.3) is 0 Å². The highest BCUT2D eigenvalue weighted by atomic mass is 16.1. The van der Waals surface area contributed by atoms with E-state index in [0.717, 1.165) is 25.8 Å². The average Bonchev–Trinajstić information content (AvgIpc) is 2.26. The van der Waals surface area contributed by atoms with E-state index in [1.807, 2.05) is 0 Å². The molecule has 0 heterocycles. The minimum Gasteiger partial charge on any atom is -0.356 e. The number of carbonyl (C=O) groups is 1. The lowest BCUT2D eigenvalue weighted by molar-refractivity contribution is -0.121. The van der Waals surface area contributed by atoms with Crippen LogP contribution in [0.2, 0.25) is 0 Å². The van der Waals surface area contributed by atoms with Gasteiger partial charge in [0, 0.05) is 13.0 Å². The summed E-state index contributed by atoms with van der Waals surface area (Å²) in [6.07, 6.45) is 7.35. The molecule has 0 atom stereocenters. The first-order chi connectivity index (χ1) is 8.02. The van der Waals surface area contributed by atoms with Gasteiger partial charge >= 0.3 is 0 Å². The number of carbonyl (C=O) groups excluding carboxylic acids is 1. The molecule has 3 heteroatoms. The molecule has 0 aliphatic heterocycles. The number of hydrogen-bond donors (Lipinski definition) is 2. The molecule has 0 bridgehead atoms. The van der Waals surface area contributed by atoms with Crippen molar-refractivity contribution >= 4 is 5.91 Å². The van der Waals surface area contributed by atoms with Gasteiger partial charge in [0.05, 0.1) is 0 Å². The van der Waals surface area contributed by atoms with Crippen molar-refractivity contribution in [3.8, 4) is 0 Å². The van der Waals surface area contributed by atoms with Crippen LogP contribution in [0.3, 0.4) is 0 Å². The maximum atomic E-state index is 11.6. The SMILES string of the molecule is CCCCCCNC(=O)CCC(C)(C)CCN. The third-order valence-electron chi connectivity index (χ3n) is 3.20. The molecule has 0 aromatic carbocycles. The van der Waals surface area contributed by atoms with E-state index < -0.39 is 0 Å². The number of unbranched alkanes of at least 4 members (excludes halogenated alkanes) is 3. The first kappa shape index (κ1) is 16.4. The Morgan fingerprint density at radius 3 is 2.47 bits per heavy atom. The number of nitrogens with two attached hydrogens (primary N) is 1. The highest BCUT2D eigenvalue weighted by Gasteiger charge is 2.17. The molecule has 3 nitrogen and oxygen atoms in total. The van der Waals surface area contributed by atoms with E-state index >= 15 is 0 Å². The van der Waals surface area contributed by atoms with E-state index in [0.29, 0.717) is 13.0 Å². The third kappa shape index (κ3) is 10.3. The number of nitrogens with one attached hydrogen (secondary N) is 1. The van der Waals surface area contributed by atoms with Crippen molar-refractivity contribution in [1.29, 1.82) is 0 Å². The van der Waals surface area contributed by atoms with Gasteiger partial charge in [-0.1, -0.05) is 40.0 Å². The fourth-order valence-electron chi connectivity index (χ4n) is 1.84. The zero-order valence-corrected chi connectivity index (χ0v) is 11.8. The van der Waals surface area contributed by atoms with Crippen molar-refractivity contribution in [3.05, 3.63) is 0 Å². The van der Waals surface area contributed by atoms with Gasteiger partial charge in [-0.3, -0.25) is 4.79 Å². The van der Waals surface area contributed by atoms with Gasteiger partial charge in [0.15, 0.2) is 0 Å². The number of hydrogen-bond acceptors (Lipinski definition) is 2. The minimum absolute atomic E-state index is 0.187. The van der Waals surface area contributed by atoms with Crippen LogP contribution < -0.4 is 11.1 Å².